The number of pyridine rings is 1. The van der Waals surface area contributed by atoms with Crippen LogP contribution in [-0.2, 0) is 0 Å². The third kappa shape index (κ3) is 2.31. The Labute approximate surface area is 102 Å². The zero-order chi connectivity index (χ0) is 11.7. The van der Waals surface area contributed by atoms with Gasteiger partial charge < -0.3 is 10.2 Å². The van der Waals surface area contributed by atoms with Crippen molar-refractivity contribution in [2.24, 2.45) is 0 Å². The quantitative estimate of drug-likeness (QED) is 0.893. The Kier molecular flexibility index (Phi) is 3.07. The van der Waals surface area contributed by atoms with Crippen molar-refractivity contribution in [2.75, 3.05) is 5.73 Å². The Hall–Kier alpha value is -1.20. The van der Waals surface area contributed by atoms with Gasteiger partial charge >= 0.3 is 0 Å². The van der Waals surface area contributed by atoms with Crippen molar-refractivity contribution in [3.63, 3.8) is 0 Å². The van der Waals surface area contributed by atoms with Gasteiger partial charge in [-0.05, 0) is 31.7 Å². The number of anilines is 1. The van der Waals surface area contributed by atoms with E-state index in [0.29, 0.717) is 21.0 Å². The van der Waals surface area contributed by atoms with Gasteiger partial charge in [-0.1, -0.05) is 11.6 Å². The first-order chi connectivity index (χ1) is 7.56. The summed E-state index contributed by atoms with van der Waals surface area (Å²) in [6.07, 6.45) is 1.55. The lowest BCUT2D eigenvalue weighted by atomic mass is 10.4. The highest BCUT2D eigenvalue weighted by Crippen LogP contribution is 2.32. The van der Waals surface area contributed by atoms with Gasteiger partial charge in [0.15, 0.2) is 0 Å². The molecule has 0 fully saturated rings. The molecule has 0 spiro atoms. The molecule has 16 heavy (non-hydrogen) atoms. The number of oxazole rings is 1. The van der Waals surface area contributed by atoms with E-state index in [9.17, 15) is 0 Å². The van der Waals surface area contributed by atoms with E-state index < -0.39 is 0 Å². The molecule has 0 radical (unpaired) electrons. The third-order valence-electron chi connectivity index (χ3n) is 2.02. The summed E-state index contributed by atoms with van der Waals surface area (Å²) in [5.41, 5.74) is 6.96. The maximum atomic E-state index is 5.99. The maximum absolute atomic E-state index is 5.99. The van der Waals surface area contributed by atoms with Gasteiger partial charge in [-0.25, -0.2) is 9.97 Å². The van der Waals surface area contributed by atoms with Crippen LogP contribution in [-0.4, -0.2) is 9.97 Å². The fourth-order valence-corrected chi connectivity index (χ4v) is 2.15. The number of nitrogens with zero attached hydrogens (tertiary/aromatic N) is 2. The molecule has 0 saturated heterocycles. The van der Waals surface area contributed by atoms with E-state index in [1.807, 2.05) is 13.8 Å². The highest BCUT2D eigenvalue weighted by Gasteiger charge is 2.11. The van der Waals surface area contributed by atoms with E-state index in [2.05, 4.69) is 9.97 Å². The summed E-state index contributed by atoms with van der Waals surface area (Å²) in [5.74, 6) is 0.800. The zero-order valence-electron chi connectivity index (χ0n) is 8.82. The Morgan fingerprint density at radius 1 is 1.44 bits per heavy atom. The molecule has 0 aromatic carbocycles. The Balaban J connectivity index is 2.27. The summed E-state index contributed by atoms with van der Waals surface area (Å²) in [4.78, 5) is 8.35. The van der Waals surface area contributed by atoms with Crippen LogP contribution in [0.1, 0.15) is 11.5 Å². The second kappa shape index (κ2) is 4.35. The lowest BCUT2D eigenvalue weighted by Gasteiger charge is -2.00. The smallest absolute Gasteiger partial charge is 0.262 e. The van der Waals surface area contributed by atoms with Crippen molar-refractivity contribution in [3.05, 3.63) is 28.7 Å². The molecule has 0 saturated carbocycles. The van der Waals surface area contributed by atoms with Crippen LogP contribution >= 0.6 is 23.4 Å². The van der Waals surface area contributed by atoms with Gasteiger partial charge in [-0.2, -0.15) is 0 Å². The van der Waals surface area contributed by atoms with E-state index in [1.54, 1.807) is 12.3 Å². The molecule has 2 aromatic rings. The summed E-state index contributed by atoms with van der Waals surface area (Å²) >= 11 is 7.27. The molecule has 0 aliphatic rings. The van der Waals surface area contributed by atoms with Gasteiger partial charge in [0.25, 0.3) is 5.22 Å². The summed E-state index contributed by atoms with van der Waals surface area (Å²) in [7, 11) is 0. The first-order valence-corrected chi connectivity index (χ1v) is 5.78. The first kappa shape index (κ1) is 11.3. The van der Waals surface area contributed by atoms with Crippen LogP contribution in [0.25, 0.3) is 0 Å². The van der Waals surface area contributed by atoms with E-state index in [1.165, 1.54) is 11.8 Å². The minimum atomic E-state index is 0.499. The number of halogens is 1. The van der Waals surface area contributed by atoms with Crippen LogP contribution in [0.5, 0.6) is 0 Å². The number of aromatic nitrogens is 2. The molecule has 0 aliphatic heterocycles. The van der Waals surface area contributed by atoms with Gasteiger partial charge in [0, 0.05) is 0 Å². The lowest BCUT2D eigenvalue weighted by Crippen LogP contribution is -1.88. The monoisotopic (exact) mass is 255 g/mol. The Bertz CT molecular complexity index is 507. The molecule has 2 N–H and O–H groups in total. The van der Waals surface area contributed by atoms with Gasteiger partial charge in [-0.3, -0.25) is 0 Å². The van der Waals surface area contributed by atoms with Gasteiger partial charge in [0.1, 0.15) is 10.8 Å². The minimum Gasteiger partial charge on any atom is -0.436 e. The third-order valence-corrected chi connectivity index (χ3v) is 3.29. The van der Waals surface area contributed by atoms with Crippen LogP contribution in [0.4, 0.5) is 5.69 Å². The highest BCUT2D eigenvalue weighted by atomic mass is 35.5. The molecule has 2 aromatic heterocycles. The van der Waals surface area contributed by atoms with Crippen molar-refractivity contribution in [1.82, 2.24) is 9.97 Å². The summed E-state index contributed by atoms with van der Waals surface area (Å²) in [6.45, 7) is 3.76. The van der Waals surface area contributed by atoms with Crippen LogP contribution in [0.15, 0.2) is 26.9 Å². The molecule has 84 valence electrons. The Morgan fingerprint density at radius 3 is 2.75 bits per heavy atom. The molecule has 0 amide bonds. The standard InChI is InChI=1S/C10H10ClN3OS/c1-5-6(2)15-10(14-5)16-9-8(11)3-7(12)4-13-9/h3-4H,12H2,1-2H3. The van der Waals surface area contributed by atoms with Crippen molar-refractivity contribution < 1.29 is 4.42 Å². The number of nitrogens with two attached hydrogens (primary N) is 1. The van der Waals surface area contributed by atoms with Crippen molar-refractivity contribution in [2.45, 2.75) is 24.1 Å². The fourth-order valence-electron chi connectivity index (χ4n) is 1.08. The molecule has 2 heterocycles. The van der Waals surface area contributed by atoms with E-state index in [0.717, 1.165) is 11.5 Å². The molecule has 0 atom stereocenters. The van der Waals surface area contributed by atoms with Crippen LogP contribution in [0.2, 0.25) is 5.02 Å². The number of nitrogen functional groups attached to an aromatic ring is 1. The highest BCUT2D eigenvalue weighted by molar-refractivity contribution is 7.99. The average molecular weight is 256 g/mol. The van der Waals surface area contributed by atoms with Crippen LogP contribution in [0.3, 0.4) is 0 Å². The average Bonchev–Trinajstić information content (AvgIpc) is 2.51. The topological polar surface area (TPSA) is 64.9 Å². The predicted octanol–water partition coefficient (Wildman–Crippen LogP) is 3.07. The fraction of sp³-hybridized carbons (Fsp3) is 0.200. The minimum absolute atomic E-state index is 0.499. The molecule has 0 unspecified atom stereocenters. The van der Waals surface area contributed by atoms with Crippen LogP contribution < -0.4 is 5.73 Å². The van der Waals surface area contributed by atoms with Crippen molar-refractivity contribution >= 4 is 29.1 Å². The number of hydrogen-bond acceptors (Lipinski definition) is 5. The molecule has 4 nitrogen and oxygen atoms in total. The number of rotatable bonds is 2. The predicted molar refractivity (Wildman–Crippen MR) is 63.8 cm³/mol. The number of hydrogen-bond donors (Lipinski definition) is 1. The Morgan fingerprint density at radius 2 is 2.19 bits per heavy atom. The summed E-state index contributed by atoms with van der Waals surface area (Å²) < 4.78 is 5.43. The molecular formula is C10H10ClN3OS. The maximum Gasteiger partial charge on any atom is 0.262 e. The van der Waals surface area contributed by atoms with Gasteiger partial charge in [-0.15, -0.1) is 0 Å². The van der Waals surface area contributed by atoms with Crippen molar-refractivity contribution in [3.8, 4) is 0 Å². The summed E-state index contributed by atoms with van der Waals surface area (Å²) in [5, 5.41) is 1.67. The largest absolute Gasteiger partial charge is 0.436 e. The molecule has 6 heteroatoms. The van der Waals surface area contributed by atoms with Gasteiger partial charge in [0.05, 0.1) is 22.6 Å². The molecular weight excluding hydrogens is 246 g/mol. The SMILES string of the molecule is Cc1nc(Sc2ncc(N)cc2Cl)oc1C. The van der Waals surface area contributed by atoms with E-state index >= 15 is 0 Å². The van der Waals surface area contributed by atoms with E-state index in [4.69, 9.17) is 21.8 Å². The molecule has 0 aliphatic carbocycles. The lowest BCUT2D eigenvalue weighted by molar-refractivity contribution is 0.431. The second-order valence-corrected chi connectivity index (χ2v) is 4.63. The van der Waals surface area contributed by atoms with Crippen LogP contribution in [0, 0.1) is 13.8 Å². The first-order valence-electron chi connectivity index (χ1n) is 4.59. The van der Waals surface area contributed by atoms with Gasteiger partial charge in [0.2, 0.25) is 0 Å². The number of aryl methyl sites for hydroxylation is 2. The zero-order valence-corrected chi connectivity index (χ0v) is 10.4. The molecule has 0 bridgehead atoms. The summed E-state index contributed by atoms with van der Waals surface area (Å²) in [6, 6.07) is 1.65. The van der Waals surface area contributed by atoms with Crippen molar-refractivity contribution in [1.29, 1.82) is 0 Å². The second-order valence-electron chi connectivity index (χ2n) is 3.28. The normalized spacial score (nSPS) is 10.7. The van der Waals surface area contributed by atoms with E-state index in [-0.39, 0.29) is 0 Å². The molecule has 2 rings (SSSR count).